The van der Waals surface area contributed by atoms with Crippen molar-refractivity contribution in [3.63, 3.8) is 0 Å². The van der Waals surface area contributed by atoms with Crippen LogP contribution in [0.1, 0.15) is 24.5 Å². The van der Waals surface area contributed by atoms with Gasteiger partial charge in [-0.25, -0.2) is 12.8 Å². The topological polar surface area (TPSA) is 46.6 Å². The molecule has 6 heteroatoms. The third-order valence-corrected chi connectivity index (χ3v) is 5.61. The van der Waals surface area contributed by atoms with E-state index in [4.69, 9.17) is 4.74 Å². The predicted octanol–water partition coefficient (Wildman–Crippen LogP) is 2.02. The summed E-state index contributed by atoms with van der Waals surface area (Å²) in [6.45, 7) is 2.98. The first kappa shape index (κ1) is 15.9. The van der Waals surface area contributed by atoms with E-state index in [9.17, 15) is 12.8 Å². The number of benzene rings is 1. The molecule has 1 saturated heterocycles. The monoisotopic (exact) mass is 327 g/mol. The van der Waals surface area contributed by atoms with E-state index in [1.165, 1.54) is 18.4 Å². The van der Waals surface area contributed by atoms with Gasteiger partial charge in [0.2, 0.25) is 0 Å². The average molecular weight is 327 g/mol. The first-order valence-electron chi connectivity index (χ1n) is 7.62. The first-order chi connectivity index (χ1) is 10.4. The van der Waals surface area contributed by atoms with Gasteiger partial charge in [-0.1, -0.05) is 12.1 Å². The lowest BCUT2D eigenvalue weighted by molar-refractivity contribution is -0.0350. The Hall–Kier alpha value is -0.980. The number of rotatable bonds is 5. The molecule has 0 N–H and O–H groups in total. The molecule has 0 radical (unpaired) electrons. The zero-order valence-electron chi connectivity index (χ0n) is 12.8. The standard InChI is InChI=1S/C16H22FNO3S/c1-22(19,20)12-16(6-7-16)11-18-8-9-21-15(10-18)13-2-4-14(17)5-3-13/h2-5,15H,6-12H2,1H3/t15-/m0/s1. The molecule has 1 aliphatic carbocycles. The van der Waals surface area contributed by atoms with Crippen molar-refractivity contribution in [2.24, 2.45) is 5.41 Å². The Morgan fingerprint density at radius 3 is 2.59 bits per heavy atom. The molecule has 22 heavy (non-hydrogen) atoms. The maximum absolute atomic E-state index is 13.0. The van der Waals surface area contributed by atoms with Crippen LogP contribution in [0.3, 0.4) is 0 Å². The van der Waals surface area contributed by atoms with Crippen LogP contribution in [0.15, 0.2) is 24.3 Å². The van der Waals surface area contributed by atoms with Gasteiger partial charge in [0.05, 0.1) is 18.5 Å². The van der Waals surface area contributed by atoms with Crippen molar-refractivity contribution in [3.05, 3.63) is 35.6 Å². The predicted molar refractivity (Wildman–Crippen MR) is 82.9 cm³/mol. The van der Waals surface area contributed by atoms with Gasteiger partial charge in [0.25, 0.3) is 0 Å². The molecular weight excluding hydrogens is 305 g/mol. The minimum Gasteiger partial charge on any atom is -0.371 e. The van der Waals surface area contributed by atoms with Crippen molar-refractivity contribution in [1.29, 1.82) is 0 Å². The van der Waals surface area contributed by atoms with Crippen molar-refractivity contribution in [3.8, 4) is 0 Å². The minimum atomic E-state index is -2.94. The van der Waals surface area contributed by atoms with Crippen molar-refractivity contribution in [1.82, 2.24) is 4.90 Å². The van der Waals surface area contributed by atoms with Crippen LogP contribution in [0, 0.1) is 11.2 Å². The number of morpholine rings is 1. The van der Waals surface area contributed by atoms with Crippen LogP contribution in [-0.4, -0.2) is 51.6 Å². The van der Waals surface area contributed by atoms with Gasteiger partial charge in [0, 0.05) is 25.9 Å². The number of halogens is 1. The second kappa shape index (κ2) is 5.91. The normalized spacial score (nSPS) is 25.1. The maximum Gasteiger partial charge on any atom is 0.148 e. The Kier molecular flexibility index (Phi) is 4.27. The molecule has 0 aromatic heterocycles. The van der Waals surface area contributed by atoms with Gasteiger partial charge in [-0.3, -0.25) is 4.90 Å². The summed E-state index contributed by atoms with van der Waals surface area (Å²) in [5, 5.41) is 0. The van der Waals surface area contributed by atoms with Gasteiger partial charge in [0.1, 0.15) is 15.7 Å². The summed E-state index contributed by atoms with van der Waals surface area (Å²) in [5.74, 6) is 0.0278. The Labute approximate surface area is 131 Å². The molecule has 2 fully saturated rings. The number of hydrogen-bond acceptors (Lipinski definition) is 4. The molecule has 0 amide bonds. The largest absolute Gasteiger partial charge is 0.371 e. The lowest BCUT2D eigenvalue weighted by atomic mass is 10.1. The lowest BCUT2D eigenvalue weighted by Crippen LogP contribution is -2.42. The molecule has 122 valence electrons. The lowest BCUT2D eigenvalue weighted by Gasteiger charge is -2.35. The summed E-state index contributed by atoms with van der Waals surface area (Å²) < 4.78 is 41.9. The highest BCUT2D eigenvalue weighted by molar-refractivity contribution is 7.90. The summed E-state index contributed by atoms with van der Waals surface area (Å²) in [4.78, 5) is 2.29. The van der Waals surface area contributed by atoms with E-state index >= 15 is 0 Å². The number of sulfone groups is 1. The SMILES string of the molecule is CS(=O)(=O)CC1(CN2CCO[C@H](c3ccc(F)cc3)C2)CC1. The van der Waals surface area contributed by atoms with E-state index < -0.39 is 9.84 Å². The van der Waals surface area contributed by atoms with Crippen LogP contribution in [0.4, 0.5) is 4.39 Å². The Bertz CT molecular complexity index is 625. The summed E-state index contributed by atoms with van der Waals surface area (Å²) >= 11 is 0. The van der Waals surface area contributed by atoms with E-state index in [-0.39, 0.29) is 23.1 Å². The second-order valence-corrected chi connectivity index (χ2v) is 8.86. The molecule has 0 bridgehead atoms. The molecule has 1 aromatic rings. The molecule has 1 aromatic carbocycles. The van der Waals surface area contributed by atoms with Crippen LogP contribution >= 0.6 is 0 Å². The van der Waals surface area contributed by atoms with Crippen LogP contribution in [-0.2, 0) is 14.6 Å². The average Bonchev–Trinajstić information content (AvgIpc) is 3.16. The number of nitrogens with zero attached hydrogens (tertiary/aromatic N) is 1. The van der Waals surface area contributed by atoms with Gasteiger partial charge >= 0.3 is 0 Å². The summed E-state index contributed by atoms with van der Waals surface area (Å²) in [6, 6.07) is 6.41. The van der Waals surface area contributed by atoms with E-state index in [0.717, 1.165) is 38.0 Å². The summed E-state index contributed by atoms with van der Waals surface area (Å²) in [7, 11) is -2.94. The molecule has 3 rings (SSSR count). The smallest absolute Gasteiger partial charge is 0.148 e. The molecule has 1 aliphatic heterocycles. The van der Waals surface area contributed by atoms with Crippen LogP contribution in [0.2, 0.25) is 0 Å². The third kappa shape index (κ3) is 4.06. The fourth-order valence-corrected chi connectivity index (χ4v) is 4.77. The summed E-state index contributed by atoms with van der Waals surface area (Å²) in [5.41, 5.74) is 0.914. The van der Waals surface area contributed by atoms with Gasteiger partial charge in [-0.15, -0.1) is 0 Å². The van der Waals surface area contributed by atoms with Gasteiger partial charge < -0.3 is 4.74 Å². The van der Waals surface area contributed by atoms with Crippen LogP contribution in [0.25, 0.3) is 0 Å². The van der Waals surface area contributed by atoms with E-state index in [1.807, 2.05) is 0 Å². The maximum atomic E-state index is 13.0. The van der Waals surface area contributed by atoms with Gasteiger partial charge in [0.15, 0.2) is 0 Å². The molecule has 1 atom stereocenters. The van der Waals surface area contributed by atoms with Crippen molar-refractivity contribution in [2.45, 2.75) is 18.9 Å². The molecular formula is C16H22FNO3S. The van der Waals surface area contributed by atoms with E-state index in [0.29, 0.717) is 6.61 Å². The number of ether oxygens (including phenoxy) is 1. The fourth-order valence-electron chi connectivity index (χ4n) is 3.28. The second-order valence-electron chi connectivity index (χ2n) is 6.72. The van der Waals surface area contributed by atoms with Crippen molar-refractivity contribution < 1.29 is 17.5 Å². The highest BCUT2D eigenvalue weighted by atomic mass is 32.2. The highest BCUT2D eigenvalue weighted by Gasteiger charge is 2.46. The Balaban J connectivity index is 1.63. The molecule has 2 aliphatic rings. The molecule has 1 heterocycles. The minimum absolute atomic E-state index is 0.0573. The van der Waals surface area contributed by atoms with E-state index in [2.05, 4.69) is 4.90 Å². The molecule has 0 unspecified atom stereocenters. The quantitative estimate of drug-likeness (QED) is 0.830. The fraction of sp³-hybridized carbons (Fsp3) is 0.625. The zero-order chi connectivity index (χ0) is 15.8. The van der Waals surface area contributed by atoms with Gasteiger partial charge in [-0.2, -0.15) is 0 Å². The number of hydrogen-bond donors (Lipinski definition) is 0. The van der Waals surface area contributed by atoms with E-state index in [1.54, 1.807) is 12.1 Å². The van der Waals surface area contributed by atoms with Crippen molar-refractivity contribution in [2.75, 3.05) is 38.2 Å². The van der Waals surface area contributed by atoms with Crippen molar-refractivity contribution >= 4 is 9.84 Å². The highest BCUT2D eigenvalue weighted by Crippen LogP contribution is 2.47. The zero-order valence-corrected chi connectivity index (χ0v) is 13.6. The van der Waals surface area contributed by atoms with Gasteiger partial charge in [-0.05, 0) is 36.0 Å². The van der Waals surface area contributed by atoms with Crippen LogP contribution in [0.5, 0.6) is 0 Å². The third-order valence-electron chi connectivity index (χ3n) is 4.48. The first-order valence-corrected chi connectivity index (χ1v) is 9.69. The molecule has 4 nitrogen and oxygen atoms in total. The molecule has 1 saturated carbocycles. The van der Waals surface area contributed by atoms with Crippen LogP contribution < -0.4 is 0 Å². The summed E-state index contributed by atoms with van der Waals surface area (Å²) in [6.07, 6.45) is 3.22. The molecule has 0 spiro atoms. The Morgan fingerprint density at radius 2 is 2.00 bits per heavy atom. The Morgan fingerprint density at radius 1 is 1.32 bits per heavy atom.